The van der Waals surface area contributed by atoms with Gasteiger partial charge in [0, 0.05) is 0 Å². The molecule has 1 fully saturated rings. The van der Waals surface area contributed by atoms with Gasteiger partial charge in [0.05, 0.1) is 0 Å². The standard InChI is InChI=1S/C21H25.C13H13.C6H10.2ClH.Zr/c1-20(2,3)16-9-7-14-11-15-8-10-17(21(4,5)6)13-19(15)18(14)12-16;1-10-8-11(2)13(9-10)12-6-4-3-5-7-12;1-2-4-6-5-3-1;;;/h7,9-10,12-13H,11H2,1-6H3;3-9H,1-2H3;1-5H2;2*1H;/q2*-1;;;;+2/p-2. The molecule has 0 atom stereocenters. The summed E-state index contributed by atoms with van der Waals surface area (Å²) in [5.74, 6) is 0. The van der Waals surface area contributed by atoms with E-state index in [1.54, 1.807) is 27.4 Å². The fourth-order valence-corrected chi connectivity index (χ4v) is 6.56. The molecular formula is C40H48Cl2Zr-2. The monoisotopic (exact) mass is 688 g/mol. The van der Waals surface area contributed by atoms with Gasteiger partial charge in [-0.1, -0.05) is 126 Å². The van der Waals surface area contributed by atoms with Crippen LogP contribution in [0.25, 0.3) is 22.3 Å². The van der Waals surface area contributed by atoms with E-state index in [0.717, 1.165) is 6.42 Å². The molecule has 0 radical (unpaired) electrons. The van der Waals surface area contributed by atoms with Crippen molar-refractivity contribution in [3.8, 4) is 22.3 Å². The number of rotatable bonds is 1. The van der Waals surface area contributed by atoms with Crippen molar-refractivity contribution in [3.05, 3.63) is 112 Å². The molecule has 0 aromatic heterocycles. The Morgan fingerprint density at radius 1 is 0.698 bits per heavy atom. The fraction of sp³-hybridized carbons (Fsp3) is 0.400. The van der Waals surface area contributed by atoms with Gasteiger partial charge in [0.2, 0.25) is 0 Å². The molecule has 3 heteroatoms. The van der Waals surface area contributed by atoms with E-state index in [4.69, 9.17) is 0 Å². The number of halogens is 2. The zero-order chi connectivity index (χ0) is 29.8. The predicted molar refractivity (Wildman–Crippen MR) is 176 cm³/mol. The summed E-state index contributed by atoms with van der Waals surface area (Å²) >= 11 is 1.69. The summed E-state index contributed by atoms with van der Waals surface area (Å²) in [5, 5.41) is 0. The Balaban J connectivity index is 0.000000250. The first-order valence-electron chi connectivity index (χ1n) is 15.4. The van der Waals surface area contributed by atoms with E-state index in [1.165, 1.54) is 87.7 Å². The van der Waals surface area contributed by atoms with Crippen LogP contribution in [0.1, 0.15) is 107 Å². The summed E-state index contributed by atoms with van der Waals surface area (Å²) in [5.41, 5.74) is 14.1. The number of fused-ring (bicyclic) bond motifs is 3. The first-order chi connectivity index (χ1) is 19.3. The van der Waals surface area contributed by atoms with Crippen LogP contribution in [-0.2, 0) is 41.5 Å². The first kappa shape index (κ1) is 37.5. The molecule has 4 aromatic rings. The summed E-state index contributed by atoms with van der Waals surface area (Å²) in [6.07, 6.45) is 8.34. The second-order valence-electron chi connectivity index (χ2n) is 14.0. The van der Waals surface area contributed by atoms with Crippen molar-refractivity contribution < 1.29 is 49.0 Å². The molecule has 0 amide bonds. The van der Waals surface area contributed by atoms with Gasteiger partial charge in [0.15, 0.2) is 0 Å². The van der Waals surface area contributed by atoms with E-state index in [2.05, 4.69) is 134 Å². The Hall–Kier alpha value is -1.66. The average Bonchev–Trinajstić information content (AvgIpc) is 3.47. The van der Waals surface area contributed by atoms with Crippen LogP contribution in [-0.4, -0.2) is 3.21 Å². The quantitative estimate of drug-likeness (QED) is 0.217. The van der Waals surface area contributed by atoms with E-state index < -0.39 is 0 Å². The van der Waals surface area contributed by atoms with Crippen molar-refractivity contribution in [3.63, 3.8) is 0 Å². The molecule has 43 heavy (non-hydrogen) atoms. The van der Waals surface area contributed by atoms with Crippen LogP contribution in [0.3, 0.4) is 0 Å². The Labute approximate surface area is 289 Å². The van der Waals surface area contributed by atoms with Gasteiger partial charge in [-0.25, -0.2) is 6.07 Å². The normalized spacial score (nSPS) is 13.7. The predicted octanol–water partition coefficient (Wildman–Crippen LogP) is 5.02. The molecule has 0 spiro atoms. The Bertz CT molecular complexity index is 1410. The molecular weight excluding hydrogens is 643 g/mol. The fourth-order valence-electron chi connectivity index (χ4n) is 5.69. The van der Waals surface area contributed by atoms with Crippen molar-refractivity contribution in [1.82, 2.24) is 0 Å². The molecule has 2 aliphatic carbocycles. The summed E-state index contributed by atoms with van der Waals surface area (Å²) < 4.78 is 1.80. The van der Waals surface area contributed by atoms with Gasteiger partial charge in [-0.3, -0.25) is 0 Å². The SMILES string of the molecule is CC(C)(C)c1c[c-]c2c(c1)-c1cc(C(C)(C)C)ccc1C2.Cc1cc(-c2ccccc2)c(C)[cH-]1.[Cl-].[Cl-].[Zr+2]=[C]1CCCCC1. The molecule has 0 unspecified atom stereocenters. The molecule has 0 heterocycles. The molecule has 0 N–H and O–H groups in total. The summed E-state index contributed by atoms with van der Waals surface area (Å²) in [4.78, 5) is 0. The second kappa shape index (κ2) is 16.1. The van der Waals surface area contributed by atoms with Crippen LogP contribution >= 0.6 is 0 Å². The van der Waals surface area contributed by atoms with E-state index >= 15 is 0 Å². The first-order valence-corrected chi connectivity index (χ1v) is 16.6. The minimum absolute atomic E-state index is 0. The van der Waals surface area contributed by atoms with Crippen LogP contribution in [0, 0.1) is 19.9 Å². The molecule has 0 saturated heterocycles. The van der Waals surface area contributed by atoms with Crippen LogP contribution in [0.2, 0.25) is 0 Å². The third kappa shape index (κ3) is 10.2. The van der Waals surface area contributed by atoms with Crippen molar-refractivity contribution in [2.45, 2.75) is 105 Å². The van der Waals surface area contributed by atoms with Crippen molar-refractivity contribution in [1.29, 1.82) is 0 Å². The number of benzene rings is 3. The van der Waals surface area contributed by atoms with Crippen LogP contribution in [0.5, 0.6) is 0 Å². The van der Waals surface area contributed by atoms with Gasteiger partial charge in [0.1, 0.15) is 0 Å². The van der Waals surface area contributed by atoms with Gasteiger partial charge in [0.25, 0.3) is 0 Å². The van der Waals surface area contributed by atoms with Gasteiger partial charge in [-0.05, 0) is 17.4 Å². The zero-order valence-electron chi connectivity index (χ0n) is 27.4. The van der Waals surface area contributed by atoms with Crippen LogP contribution in [0.4, 0.5) is 0 Å². The second-order valence-corrected chi connectivity index (χ2v) is 15.7. The van der Waals surface area contributed by atoms with E-state index in [-0.39, 0.29) is 35.6 Å². The van der Waals surface area contributed by atoms with Crippen molar-refractivity contribution in [2.75, 3.05) is 0 Å². The maximum atomic E-state index is 3.53. The van der Waals surface area contributed by atoms with E-state index in [1.807, 2.05) is 0 Å². The number of hydrogen-bond donors (Lipinski definition) is 0. The van der Waals surface area contributed by atoms with E-state index in [0.29, 0.717) is 0 Å². The Morgan fingerprint density at radius 2 is 1.30 bits per heavy atom. The molecule has 6 rings (SSSR count). The molecule has 0 aliphatic heterocycles. The number of aryl methyl sites for hydroxylation is 2. The molecule has 228 valence electrons. The van der Waals surface area contributed by atoms with Gasteiger partial charge < -0.3 is 24.8 Å². The van der Waals surface area contributed by atoms with E-state index in [9.17, 15) is 0 Å². The Kier molecular flexibility index (Phi) is 14.0. The van der Waals surface area contributed by atoms with Crippen molar-refractivity contribution >= 4 is 3.21 Å². The Morgan fingerprint density at radius 3 is 1.81 bits per heavy atom. The third-order valence-corrected chi connectivity index (χ3v) is 9.54. The number of hydrogen-bond acceptors (Lipinski definition) is 0. The van der Waals surface area contributed by atoms with Gasteiger partial charge in [-0.2, -0.15) is 52.1 Å². The summed E-state index contributed by atoms with van der Waals surface area (Å²) in [6, 6.07) is 30.1. The topological polar surface area (TPSA) is 0 Å². The van der Waals surface area contributed by atoms with Crippen LogP contribution in [0.15, 0.2) is 72.8 Å². The average molecular weight is 691 g/mol. The molecule has 1 saturated carbocycles. The minimum atomic E-state index is 0. The molecule has 0 nitrogen and oxygen atoms in total. The summed E-state index contributed by atoms with van der Waals surface area (Å²) in [7, 11) is 0. The van der Waals surface area contributed by atoms with Crippen LogP contribution < -0.4 is 24.8 Å². The molecule has 4 aromatic carbocycles. The van der Waals surface area contributed by atoms with Crippen molar-refractivity contribution in [2.24, 2.45) is 0 Å². The molecule has 2 aliphatic rings. The third-order valence-electron chi connectivity index (χ3n) is 8.31. The molecule has 0 bridgehead atoms. The maximum absolute atomic E-state index is 3.53. The van der Waals surface area contributed by atoms with Gasteiger partial charge in [-0.15, -0.1) is 5.56 Å². The van der Waals surface area contributed by atoms with Gasteiger partial charge >= 0.3 is 59.5 Å². The zero-order valence-corrected chi connectivity index (χ0v) is 31.4. The summed E-state index contributed by atoms with van der Waals surface area (Å²) in [6.45, 7) is 17.9.